The van der Waals surface area contributed by atoms with Gasteiger partial charge in [-0.3, -0.25) is 9.89 Å². The smallest absolute Gasteiger partial charge is 0.191 e. The van der Waals surface area contributed by atoms with Crippen LogP contribution in [0.15, 0.2) is 11.2 Å². The van der Waals surface area contributed by atoms with Crippen LogP contribution in [-0.2, 0) is 6.42 Å². The van der Waals surface area contributed by atoms with Gasteiger partial charge in [-0.2, -0.15) is 0 Å². The molecule has 0 spiro atoms. The Labute approximate surface area is 173 Å². The summed E-state index contributed by atoms with van der Waals surface area (Å²) in [5, 5.41) is 7.92. The van der Waals surface area contributed by atoms with Gasteiger partial charge >= 0.3 is 0 Å². The van der Waals surface area contributed by atoms with Crippen molar-refractivity contribution in [3.8, 4) is 0 Å². The lowest BCUT2D eigenvalue weighted by atomic mass is 10.3. The van der Waals surface area contributed by atoms with Gasteiger partial charge in [0.1, 0.15) is 0 Å². The van der Waals surface area contributed by atoms with E-state index in [1.54, 1.807) is 11.3 Å². The van der Waals surface area contributed by atoms with Crippen LogP contribution in [0.25, 0.3) is 0 Å². The average Bonchev–Trinajstić information content (AvgIpc) is 3.01. The summed E-state index contributed by atoms with van der Waals surface area (Å²) < 4.78 is 0. The number of hydrogen-bond donors (Lipinski definition) is 2. The van der Waals surface area contributed by atoms with Gasteiger partial charge in [-0.1, -0.05) is 6.92 Å². The fraction of sp³-hybridized carbons (Fsp3) is 0.765. The summed E-state index contributed by atoms with van der Waals surface area (Å²) in [6, 6.07) is 0. The Morgan fingerprint density at radius 2 is 1.92 bits per heavy atom. The molecule has 1 aliphatic heterocycles. The SMILES string of the molecule is CCNC(=NCCN1CCN(CC)CC1)NCCc1ncc(C)s1.I. The number of piperazine rings is 1. The lowest BCUT2D eigenvalue weighted by Crippen LogP contribution is -2.47. The first-order valence-electron chi connectivity index (χ1n) is 9.09. The van der Waals surface area contributed by atoms with Gasteiger partial charge in [0.25, 0.3) is 0 Å². The lowest BCUT2D eigenvalue weighted by Gasteiger charge is -2.33. The second-order valence-electron chi connectivity index (χ2n) is 6.08. The van der Waals surface area contributed by atoms with Crippen LogP contribution in [-0.4, -0.2) is 79.6 Å². The van der Waals surface area contributed by atoms with E-state index in [0.717, 1.165) is 51.6 Å². The van der Waals surface area contributed by atoms with E-state index in [0.29, 0.717) is 0 Å². The number of halogens is 1. The Balaban J connectivity index is 0.00000312. The zero-order valence-electron chi connectivity index (χ0n) is 15.8. The summed E-state index contributed by atoms with van der Waals surface area (Å²) in [6.45, 7) is 15.9. The second kappa shape index (κ2) is 12.8. The van der Waals surface area contributed by atoms with Crippen molar-refractivity contribution >= 4 is 41.3 Å². The van der Waals surface area contributed by atoms with E-state index < -0.39 is 0 Å². The average molecular weight is 480 g/mol. The second-order valence-corrected chi connectivity index (χ2v) is 7.40. The number of aromatic nitrogens is 1. The molecule has 0 atom stereocenters. The third kappa shape index (κ3) is 8.65. The van der Waals surface area contributed by atoms with E-state index in [1.807, 2.05) is 6.20 Å². The zero-order valence-corrected chi connectivity index (χ0v) is 18.9. The van der Waals surface area contributed by atoms with E-state index >= 15 is 0 Å². The first kappa shape index (κ1) is 22.6. The minimum Gasteiger partial charge on any atom is -0.357 e. The maximum Gasteiger partial charge on any atom is 0.191 e. The molecule has 1 aromatic heterocycles. The molecule has 1 saturated heterocycles. The van der Waals surface area contributed by atoms with E-state index in [4.69, 9.17) is 4.99 Å². The molecule has 0 radical (unpaired) electrons. The predicted molar refractivity (Wildman–Crippen MR) is 119 cm³/mol. The molecule has 2 heterocycles. The van der Waals surface area contributed by atoms with Crippen molar-refractivity contribution in [2.45, 2.75) is 27.2 Å². The molecule has 6 nitrogen and oxygen atoms in total. The van der Waals surface area contributed by atoms with Crippen molar-refractivity contribution < 1.29 is 0 Å². The van der Waals surface area contributed by atoms with Crippen LogP contribution in [0.4, 0.5) is 0 Å². The van der Waals surface area contributed by atoms with Gasteiger partial charge in [0.15, 0.2) is 5.96 Å². The third-order valence-corrected chi connectivity index (χ3v) is 5.22. The Kier molecular flexibility index (Phi) is 11.6. The number of hydrogen-bond acceptors (Lipinski definition) is 5. The van der Waals surface area contributed by atoms with Crippen LogP contribution >= 0.6 is 35.3 Å². The van der Waals surface area contributed by atoms with Crippen LogP contribution in [0.1, 0.15) is 23.7 Å². The molecule has 1 aliphatic rings. The molecule has 8 heteroatoms. The fourth-order valence-electron chi connectivity index (χ4n) is 2.78. The summed E-state index contributed by atoms with van der Waals surface area (Å²) in [5.41, 5.74) is 0. The number of rotatable bonds is 8. The number of nitrogens with zero attached hydrogens (tertiary/aromatic N) is 4. The van der Waals surface area contributed by atoms with Crippen LogP contribution in [0, 0.1) is 6.92 Å². The molecule has 25 heavy (non-hydrogen) atoms. The summed E-state index contributed by atoms with van der Waals surface area (Å²) >= 11 is 1.77. The van der Waals surface area contributed by atoms with E-state index in [-0.39, 0.29) is 24.0 Å². The molecular weight excluding hydrogens is 447 g/mol. The fourth-order valence-corrected chi connectivity index (χ4v) is 3.57. The molecular formula is C17H33IN6S. The lowest BCUT2D eigenvalue weighted by molar-refractivity contribution is 0.140. The molecule has 0 aromatic carbocycles. The Hall–Kier alpha value is -0.450. The van der Waals surface area contributed by atoms with Gasteiger partial charge in [0.2, 0.25) is 0 Å². The van der Waals surface area contributed by atoms with Crippen molar-refractivity contribution in [1.29, 1.82) is 0 Å². The standard InChI is InChI=1S/C17H32N6S.HI/c1-4-18-17(19-7-6-16-21-14-15(3)24-16)20-8-9-23-12-10-22(5-2)11-13-23;/h14H,4-13H2,1-3H3,(H2,18,19,20);1H. The van der Waals surface area contributed by atoms with Gasteiger partial charge in [-0.05, 0) is 20.4 Å². The quantitative estimate of drug-likeness (QED) is 0.338. The highest BCUT2D eigenvalue weighted by molar-refractivity contribution is 14.0. The predicted octanol–water partition coefficient (Wildman–Crippen LogP) is 1.80. The van der Waals surface area contributed by atoms with Gasteiger partial charge in [0, 0.05) is 63.3 Å². The van der Waals surface area contributed by atoms with Crippen LogP contribution in [0.2, 0.25) is 0 Å². The molecule has 0 bridgehead atoms. The number of aryl methyl sites for hydroxylation is 1. The largest absolute Gasteiger partial charge is 0.357 e. The molecule has 0 amide bonds. The number of aliphatic imine (C=N–C) groups is 1. The molecule has 144 valence electrons. The number of thiazole rings is 1. The van der Waals surface area contributed by atoms with Crippen LogP contribution in [0.3, 0.4) is 0 Å². The minimum atomic E-state index is 0. The van der Waals surface area contributed by atoms with Crippen molar-refractivity contribution in [2.24, 2.45) is 4.99 Å². The molecule has 0 saturated carbocycles. The van der Waals surface area contributed by atoms with E-state index in [9.17, 15) is 0 Å². The van der Waals surface area contributed by atoms with Crippen molar-refractivity contribution in [3.63, 3.8) is 0 Å². The maximum atomic E-state index is 4.71. The number of guanidine groups is 1. The molecule has 0 aliphatic carbocycles. The van der Waals surface area contributed by atoms with Crippen LogP contribution < -0.4 is 10.6 Å². The van der Waals surface area contributed by atoms with E-state index in [2.05, 4.69) is 46.2 Å². The third-order valence-electron chi connectivity index (χ3n) is 4.24. The highest BCUT2D eigenvalue weighted by Gasteiger charge is 2.14. The van der Waals surface area contributed by atoms with Crippen LogP contribution in [0.5, 0.6) is 0 Å². The first-order chi connectivity index (χ1) is 11.7. The summed E-state index contributed by atoms with van der Waals surface area (Å²) in [6.07, 6.45) is 2.89. The molecule has 0 unspecified atom stereocenters. The van der Waals surface area contributed by atoms with E-state index in [1.165, 1.54) is 29.5 Å². The van der Waals surface area contributed by atoms with Gasteiger partial charge in [0.05, 0.1) is 11.6 Å². The van der Waals surface area contributed by atoms with Gasteiger partial charge < -0.3 is 15.5 Å². The summed E-state index contributed by atoms with van der Waals surface area (Å²) in [7, 11) is 0. The highest BCUT2D eigenvalue weighted by Crippen LogP contribution is 2.10. The normalized spacial score (nSPS) is 16.5. The monoisotopic (exact) mass is 480 g/mol. The topological polar surface area (TPSA) is 55.8 Å². The number of nitrogens with one attached hydrogen (secondary N) is 2. The molecule has 2 rings (SSSR count). The first-order valence-corrected chi connectivity index (χ1v) is 9.91. The summed E-state index contributed by atoms with van der Waals surface area (Å²) in [5.74, 6) is 0.915. The minimum absolute atomic E-state index is 0. The Bertz CT molecular complexity index is 499. The molecule has 1 fully saturated rings. The molecule has 1 aromatic rings. The zero-order chi connectivity index (χ0) is 17.2. The highest BCUT2D eigenvalue weighted by atomic mass is 127. The van der Waals surface area contributed by atoms with Gasteiger partial charge in [-0.15, -0.1) is 35.3 Å². The Morgan fingerprint density at radius 1 is 1.20 bits per heavy atom. The Morgan fingerprint density at radius 3 is 2.52 bits per heavy atom. The van der Waals surface area contributed by atoms with Gasteiger partial charge in [-0.25, -0.2) is 4.98 Å². The maximum absolute atomic E-state index is 4.71. The number of likely N-dealkylation sites (N-methyl/N-ethyl adjacent to an activating group) is 1. The molecule has 2 N–H and O–H groups in total. The van der Waals surface area contributed by atoms with Crippen molar-refractivity contribution in [1.82, 2.24) is 25.4 Å². The summed E-state index contributed by atoms with van der Waals surface area (Å²) in [4.78, 5) is 15.4. The van der Waals surface area contributed by atoms with Crippen molar-refractivity contribution in [2.75, 3.05) is 58.9 Å². The van der Waals surface area contributed by atoms with Crippen molar-refractivity contribution in [3.05, 3.63) is 16.1 Å².